The number of sulfonamides is 1. The molecule has 0 aliphatic carbocycles. The Labute approximate surface area is 103 Å². The predicted molar refractivity (Wildman–Crippen MR) is 68.4 cm³/mol. The molecule has 1 aromatic heterocycles. The third-order valence-corrected chi connectivity index (χ3v) is 3.72. The molecule has 3 rings (SSSR count). The number of nitrogens with zero attached hydrogens (tertiary/aromatic N) is 2. The highest BCUT2D eigenvalue weighted by atomic mass is 32.2. The predicted octanol–water partition coefficient (Wildman–Crippen LogP) is 1.43. The Morgan fingerprint density at radius 3 is 2.67 bits per heavy atom. The summed E-state index contributed by atoms with van der Waals surface area (Å²) in [6, 6.07) is 8.41. The first kappa shape index (κ1) is 11.1. The molecular formula is C12H9N3O2S. The fraction of sp³-hybridized carbons (Fsp3) is 0. The molecule has 0 saturated carbocycles. The molecule has 3 aromatic rings. The lowest BCUT2D eigenvalue weighted by Crippen LogP contribution is -2.11. The highest BCUT2D eigenvalue weighted by Gasteiger charge is 2.09. The lowest BCUT2D eigenvalue weighted by molar-refractivity contribution is 0.598. The largest absolute Gasteiger partial charge is 0.244 e. The number of benzene rings is 2. The van der Waals surface area contributed by atoms with Gasteiger partial charge in [0.05, 0.1) is 10.4 Å². The first-order valence-electron chi connectivity index (χ1n) is 5.21. The molecular weight excluding hydrogens is 250 g/mol. The average molecular weight is 259 g/mol. The minimum atomic E-state index is -3.68. The number of aromatic nitrogens is 2. The van der Waals surface area contributed by atoms with E-state index in [1.807, 2.05) is 12.1 Å². The van der Waals surface area contributed by atoms with Gasteiger partial charge in [-0.2, -0.15) is 0 Å². The van der Waals surface area contributed by atoms with Crippen LogP contribution in [0.1, 0.15) is 0 Å². The van der Waals surface area contributed by atoms with Crippen LogP contribution in [0, 0.1) is 0 Å². The Kier molecular flexibility index (Phi) is 2.29. The van der Waals surface area contributed by atoms with Crippen molar-refractivity contribution >= 4 is 31.7 Å². The second kappa shape index (κ2) is 3.72. The Bertz CT molecular complexity index is 859. The quantitative estimate of drug-likeness (QED) is 0.670. The summed E-state index contributed by atoms with van der Waals surface area (Å²) in [5, 5.41) is 7.69. The van der Waals surface area contributed by atoms with Crippen LogP contribution in [0.5, 0.6) is 0 Å². The molecule has 18 heavy (non-hydrogen) atoms. The van der Waals surface area contributed by atoms with Gasteiger partial charge in [0.15, 0.2) is 0 Å². The van der Waals surface area contributed by atoms with Gasteiger partial charge in [0.25, 0.3) is 0 Å². The van der Waals surface area contributed by atoms with Crippen molar-refractivity contribution in [1.29, 1.82) is 0 Å². The van der Waals surface area contributed by atoms with E-state index in [1.165, 1.54) is 12.4 Å². The maximum absolute atomic E-state index is 11.3. The Balaban J connectivity index is 2.42. The van der Waals surface area contributed by atoms with Gasteiger partial charge in [0.2, 0.25) is 10.0 Å². The monoisotopic (exact) mass is 259 g/mol. The van der Waals surface area contributed by atoms with Crippen molar-refractivity contribution in [2.45, 2.75) is 4.90 Å². The SMILES string of the molecule is NS(=O)(=O)c1ccc2c(ccc3ncncc32)c1. The molecule has 0 fully saturated rings. The molecule has 0 radical (unpaired) electrons. The summed E-state index contributed by atoms with van der Waals surface area (Å²) in [5.74, 6) is 0. The molecule has 0 aliphatic rings. The van der Waals surface area contributed by atoms with Crippen LogP contribution in [0.2, 0.25) is 0 Å². The van der Waals surface area contributed by atoms with E-state index in [9.17, 15) is 8.42 Å². The van der Waals surface area contributed by atoms with E-state index in [1.54, 1.807) is 18.3 Å². The van der Waals surface area contributed by atoms with Gasteiger partial charge >= 0.3 is 0 Å². The van der Waals surface area contributed by atoms with Crippen LogP contribution in [-0.4, -0.2) is 18.4 Å². The minimum Gasteiger partial charge on any atom is -0.244 e. The molecule has 1 heterocycles. The maximum atomic E-state index is 11.3. The van der Waals surface area contributed by atoms with Crippen LogP contribution in [0.3, 0.4) is 0 Å². The molecule has 5 nitrogen and oxygen atoms in total. The lowest BCUT2D eigenvalue weighted by atomic mass is 10.1. The molecule has 2 aromatic carbocycles. The van der Waals surface area contributed by atoms with Gasteiger partial charge in [-0.25, -0.2) is 23.5 Å². The first-order chi connectivity index (χ1) is 8.55. The van der Waals surface area contributed by atoms with Crippen LogP contribution >= 0.6 is 0 Å². The second-order valence-corrected chi connectivity index (χ2v) is 5.51. The standard InChI is InChI=1S/C12H9N3O2S/c13-18(16,17)9-2-3-10-8(5-9)1-4-12-11(10)6-14-7-15-12/h1-7H,(H2,13,16,17). The van der Waals surface area contributed by atoms with E-state index < -0.39 is 10.0 Å². The number of hydrogen-bond acceptors (Lipinski definition) is 4. The molecule has 0 amide bonds. The highest BCUT2D eigenvalue weighted by Crippen LogP contribution is 2.25. The molecule has 2 N–H and O–H groups in total. The summed E-state index contributed by atoms with van der Waals surface area (Å²) >= 11 is 0. The zero-order valence-electron chi connectivity index (χ0n) is 9.24. The summed E-state index contributed by atoms with van der Waals surface area (Å²) in [4.78, 5) is 8.23. The summed E-state index contributed by atoms with van der Waals surface area (Å²) in [6.07, 6.45) is 3.19. The van der Waals surface area contributed by atoms with Crippen LogP contribution in [0.25, 0.3) is 21.7 Å². The average Bonchev–Trinajstić information content (AvgIpc) is 2.37. The van der Waals surface area contributed by atoms with Crippen LogP contribution in [0.4, 0.5) is 0 Å². The van der Waals surface area contributed by atoms with Crippen molar-refractivity contribution in [3.8, 4) is 0 Å². The van der Waals surface area contributed by atoms with Gasteiger partial charge in [0.1, 0.15) is 6.33 Å². The second-order valence-electron chi connectivity index (χ2n) is 3.95. The van der Waals surface area contributed by atoms with Gasteiger partial charge in [0, 0.05) is 11.6 Å². The molecule has 6 heteroatoms. The maximum Gasteiger partial charge on any atom is 0.238 e. The van der Waals surface area contributed by atoms with Crippen LogP contribution in [-0.2, 0) is 10.0 Å². The molecule has 0 spiro atoms. The van der Waals surface area contributed by atoms with Crippen molar-refractivity contribution in [2.75, 3.05) is 0 Å². The normalized spacial score (nSPS) is 12.1. The van der Waals surface area contributed by atoms with Gasteiger partial charge in [-0.3, -0.25) is 0 Å². The van der Waals surface area contributed by atoms with Crippen LogP contribution < -0.4 is 5.14 Å². The van der Waals surface area contributed by atoms with Crippen molar-refractivity contribution in [2.24, 2.45) is 5.14 Å². The zero-order valence-corrected chi connectivity index (χ0v) is 10.1. The van der Waals surface area contributed by atoms with Gasteiger partial charge in [-0.15, -0.1) is 0 Å². The topological polar surface area (TPSA) is 85.9 Å². The molecule has 0 bridgehead atoms. The summed E-state index contributed by atoms with van der Waals surface area (Å²) < 4.78 is 22.6. The van der Waals surface area contributed by atoms with E-state index in [0.717, 1.165) is 21.7 Å². The lowest BCUT2D eigenvalue weighted by Gasteiger charge is -2.04. The highest BCUT2D eigenvalue weighted by molar-refractivity contribution is 7.89. The summed E-state index contributed by atoms with van der Waals surface area (Å²) in [5.41, 5.74) is 0.820. The molecule has 90 valence electrons. The number of nitrogens with two attached hydrogens (primary N) is 1. The van der Waals surface area contributed by atoms with Gasteiger partial charge in [-0.1, -0.05) is 12.1 Å². The van der Waals surface area contributed by atoms with E-state index in [-0.39, 0.29) is 4.90 Å². The fourth-order valence-electron chi connectivity index (χ4n) is 1.95. The third kappa shape index (κ3) is 1.71. The number of primary sulfonamides is 1. The third-order valence-electron chi connectivity index (χ3n) is 2.81. The van der Waals surface area contributed by atoms with Crippen molar-refractivity contribution in [3.05, 3.63) is 42.9 Å². The van der Waals surface area contributed by atoms with E-state index in [0.29, 0.717) is 0 Å². The number of rotatable bonds is 1. The number of hydrogen-bond donors (Lipinski definition) is 1. The smallest absolute Gasteiger partial charge is 0.238 e. The van der Waals surface area contributed by atoms with E-state index >= 15 is 0 Å². The Hall–Kier alpha value is -2.05. The van der Waals surface area contributed by atoms with Gasteiger partial charge in [-0.05, 0) is 29.0 Å². The van der Waals surface area contributed by atoms with Crippen molar-refractivity contribution in [1.82, 2.24) is 9.97 Å². The van der Waals surface area contributed by atoms with Crippen molar-refractivity contribution in [3.63, 3.8) is 0 Å². The van der Waals surface area contributed by atoms with Gasteiger partial charge < -0.3 is 0 Å². The molecule has 0 atom stereocenters. The number of fused-ring (bicyclic) bond motifs is 3. The van der Waals surface area contributed by atoms with E-state index in [4.69, 9.17) is 5.14 Å². The Morgan fingerprint density at radius 2 is 1.89 bits per heavy atom. The zero-order chi connectivity index (χ0) is 12.8. The summed E-state index contributed by atoms with van der Waals surface area (Å²) in [7, 11) is -3.68. The van der Waals surface area contributed by atoms with Crippen molar-refractivity contribution < 1.29 is 8.42 Å². The first-order valence-corrected chi connectivity index (χ1v) is 6.76. The minimum absolute atomic E-state index is 0.103. The molecule has 0 unspecified atom stereocenters. The molecule has 0 saturated heterocycles. The van der Waals surface area contributed by atoms with E-state index in [2.05, 4.69) is 9.97 Å². The van der Waals surface area contributed by atoms with Crippen LogP contribution in [0.15, 0.2) is 47.8 Å². The fourth-order valence-corrected chi connectivity index (χ4v) is 2.50. The summed E-state index contributed by atoms with van der Waals surface area (Å²) in [6.45, 7) is 0. The Morgan fingerprint density at radius 1 is 1.06 bits per heavy atom. The molecule has 0 aliphatic heterocycles.